The Bertz CT molecular complexity index is 698. The second kappa shape index (κ2) is 5.99. The number of aryl methyl sites for hydroxylation is 1. The molecule has 2 rings (SSSR count). The highest BCUT2D eigenvalue weighted by Crippen LogP contribution is 2.17. The average molecular weight is 273 g/mol. The molecule has 0 aliphatic rings. The van der Waals surface area contributed by atoms with Crippen molar-refractivity contribution in [2.75, 3.05) is 11.9 Å². The van der Waals surface area contributed by atoms with Gasteiger partial charge in [0.25, 0.3) is 5.91 Å². The second-order valence-corrected chi connectivity index (χ2v) is 4.01. The molecule has 20 heavy (non-hydrogen) atoms. The van der Waals surface area contributed by atoms with Crippen LogP contribution >= 0.6 is 0 Å². The molecule has 0 bridgehead atoms. The van der Waals surface area contributed by atoms with Crippen LogP contribution in [0.15, 0.2) is 24.4 Å². The number of carbonyl (C=O) groups excluding carboxylic acids is 1. The fraction of sp³-hybridized carbons (Fsp3) is 0.143. The number of aromatic amines is 1. The van der Waals surface area contributed by atoms with Gasteiger partial charge in [0.05, 0.1) is 23.0 Å². The lowest BCUT2D eigenvalue weighted by molar-refractivity contribution is 0.102. The highest BCUT2D eigenvalue weighted by Gasteiger charge is 2.12. The van der Waals surface area contributed by atoms with Gasteiger partial charge in [0.1, 0.15) is 12.4 Å². The van der Waals surface area contributed by atoms with Crippen molar-refractivity contribution in [3.05, 3.63) is 47.0 Å². The van der Waals surface area contributed by atoms with Crippen LogP contribution in [0.5, 0.6) is 0 Å². The van der Waals surface area contributed by atoms with E-state index in [1.54, 1.807) is 6.92 Å². The smallest absolute Gasteiger partial charge is 0.259 e. The summed E-state index contributed by atoms with van der Waals surface area (Å²) in [6.07, 6.45) is 1.41. The van der Waals surface area contributed by atoms with Gasteiger partial charge in [-0.25, -0.2) is 4.39 Å². The van der Waals surface area contributed by atoms with Gasteiger partial charge in [0.2, 0.25) is 0 Å². The summed E-state index contributed by atoms with van der Waals surface area (Å²) >= 11 is 0. The summed E-state index contributed by atoms with van der Waals surface area (Å²) in [7, 11) is 0. The zero-order valence-corrected chi connectivity index (χ0v) is 10.7. The van der Waals surface area contributed by atoms with E-state index >= 15 is 0 Å². The number of H-pyrrole nitrogens is 1. The van der Waals surface area contributed by atoms with Gasteiger partial charge in [-0.15, -0.1) is 0 Å². The lowest BCUT2D eigenvalue weighted by Gasteiger charge is -2.07. The van der Waals surface area contributed by atoms with Gasteiger partial charge in [-0.2, -0.15) is 5.10 Å². The maximum Gasteiger partial charge on any atom is 0.259 e. The molecule has 0 aliphatic carbocycles. The molecule has 1 aromatic carbocycles. The summed E-state index contributed by atoms with van der Waals surface area (Å²) < 4.78 is 13.2. The van der Waals surface area contributed by atoms with E-state index in [0.717, 1.165) is 0 Å². The van der Waals surface area contributed by atoms with Crippen LogP contribution in [0.4, 0.5) is 10.1 Å². The number of nitrogens with zero attached hydrogens (tertiary/aromatic N) is 1. The number of rotatable bonds is 2. The Balaban J connectivity index is 2.29. The summed E-state index contributed by atoms with van der Waals surface area (Å²) in [5.41, 5.74) is 1.70. The molecule has 1 heterocycles. The van der Waals surface area contributed by atoms with E-state index in [2.05, 4.69) is 27.4 Å². The maximum atomic E-state index is 13.2. The maximum absolute atomic E-state index is 13.2. The van der Waals surface area contributed by atoms with Crippen LogP contribution in [0, 0.1) is 24.6 Å². The fourth-order valence-corrected chi connectivity index (χ4v) is 1.63. The number of nitrogens with one attached hydrogen (secondary N) is 2. The third kappa shape index (κ3) is 3.02. The molecule has 0 radical (unpaired) electrons. The van der Waals surface area contributed by atoms with Gasteiger partial charge in [-0.3, -0.25) is 9.89 Å². The first-order chi connectivity index (χ1) is 9.61. The number of halogens is 1. The van der Waals surface area contributed by atoms with Crippen molar-refractivity contribution in [1.29, 1.82) is 0 Å². The monoisotopic (exact) mass is 273 g/mol. The van der Waals surface area contributed by atoms with Gasteiger partial charge in [0.15, 0.2) is 0 Å². The quantitative estimate of drug-likeness (QED) is 0.725. The molecule has 6 heteroatoms. The molecular weight excluding hydrogens is 261 g/mol. The Morgan fingerprint density at radius 1 is 1.55 bits per heavy atom. The van der Waals surface area contributed by atoms with Gasteiger partial charge in [0, 0.05) is 5.69 Å². The molecule has 0 aliphatic heterocycles. The number of hydrogen-bond donors (Lipinski definition) is 3. The Labute approximate surface area is 114 Å². The summed E-state index contributed by atoms with van der Waals surface area (Å²) in [5, 5.41) is 17.8. The van der Waals surface area contributed by atoms with Crippen molar-refractivity contribution in [1.82, 2.24) is 10.2 Å². The molecule has 0 fully saturated rings. The molecule has 0 saturated carbocycles. The molecule has 2 aromatic rings. The highest BCUT2D eigenvalue weighted by molar-refractivity contribution is 6.05. The molecule has 1 amide bonds. The van der Waals surface area contributed by atoms with Crippen LogP contribution < -0.4 is 5.32 Å². The first-order valence-corrected chi connectivity index (χ1v) is 5.82. The number of aromatic nitrogens is 2. The third-order valence-corrected chi connectivity index (χ3v) is 2.61. The summed E-state index contributed by atoms with van der Waals surface area (Å²) in [4.78, 5) is 12.0. The third-order valence-electron chi connectivity index (χ3n) is 2.61. The van der Waals surface area contributed by atoms with Crippen molar-refractivity contribution in [3.63, 3.8) is 0 Å². The second-order valence-electron chi connectivity index (χ2n) is 4.01. The molecule has 0 spiro atoms. The molecule has 102 valence electrons. The zero-order chi connectivity index (χ0) is 14.5. The van der Waals surface area contributed by atoms with Crippen molar-refractivity contribution in [2.45, 2.75) is 6.92 Å². The van der Waals surface area contributed by atoms with Crippen molar-refractivity contribution >= 4 is 11.6 Å². The van der Waals surface area contributed by atoms with E-state index in [9.17, 15) is 9.18 Å². The largest absolute Gasteiger partial charge is 0.384 e. The first kappa shape index (κ1) is 13.8. The topological polar surface area (TPSA) is 78.0 Å². The van der Waals surface area contributed by atoms with Crippen LogP contribution in [0.1, 0.15) is 21.6 Å². The number of hydrogen-bond acceptors (Lipinski definition) is 3. The molecular formula is C14H12FN3O2. The van der Waals surface area contributed by atoms with Crippen LogP contribution in [0.3, 0.4) is 0 Å². The molecule has 3 N–H and O–H groups in total. The van der Waals surface area contributed by atoms with Crippen LogP contribution in [-0.4, -0.2) is 27.8 Å². The number of aliphatic hydroxyl groups excluding tert-OH is 1. The number of anilines is 1. The van der Waals surface area contributed by atoms with Gasteiger partial charge >= 0.3 is 0 Å². The van der Waals surface area contributed by atoms with Crippen LogP contribution in [0.2, 0.25) is 0 Å². The van der Waals surface area contributed by atoms with Crippen LogP contribution in [-0.2, 0) is 0 Å². The van der Waals surface area contributed by atoms with Crippen molar-refractivity contribution in [3.8, 4) is 11.8 Å². The Kier molecular flexibility index (Phi) is 4.13. The lowest BCUT2D eigenvalue weighted by atomic mass is 10.1. The Morgan fingerprint density at radius 2 is 2.35 bits per heavy atom. The summed E-state index contributed by atoms with van der Waals surface area (Å²) in [6.45, 7) is 1.38. The van der Waals surface area contributed by atoms with Crippen LogP contribution in [0.25, 0.3) is 0 Å². The zero-order valence-electron chi connectivity index (χ0n) is 10.7. The van der Waals surface area contributed by atoms with Gasteiger partial charge < -0.3 is 10.4 Å². The lowest BCUT2D eigenvalue weighted by Crippen LogP contribution is -2.13. The van der Waals surface area contributed by atoms with Gasteiger partial charge in [-0.1, -0.05) is 11.8 Å². The first-order valence-electron chi connectivity index (χ1n) is 5.82. The predicted octanol–water partition coefficient (Wildman–Crippen LogP) is 1.45. The van der Waals surface area contributed by atoms with Crippen molar-refractivity contribution in [2.24, 2.45) is 0 Å². The van der Waals surface area contributed by atoms with Gasteiger partial charge in [-0.05, 0) is 25.1 Å². The fourth-order valence-electron chi connectivity index (χ4n) is 1.63. The average Bonchev–Trinajstić information content (AvgIpc) is 2.85. The predicted molar refractivity (Wildman–Crippen MR) is 71.6 cm³/mol. The van der Waals surface area contributed by atoms with E-state index in [4.69, 9.17) is 5.11 Å². The molecule has 1 aromatic heterocycles. The van der Waals surface area contributed by atoms with E-state index in [-0.39, 0.29) is 12.5 Å². The normalized spacial score (nSPS) is 9.75. The van der Waals surface area contributed by atoms with E-state index in [0.29, 0.717) is 22.5 Å². The Hall–Kier alpha value is -2.65. The minimum atomic E-state index is -0.468. The molecule has 0 saturated heterocycles. The molecule has 5 nitrogen and oxygen atoms in total. The molecule has 0 unspecified atom stereocenters. The van der Waals surface area contributed by atoms with E-state index < -0.39 is 5.82 Å². The number of benzene rings is 1. The van der Waals surface area contributed by atoms with Crippen molar-refractivity contribution < 1.29 is 14.3 Å². The number of aliphatic hydroxyl groups is 1. The number of amides is 1. The standard InChI is InChI=1S/C14H12FN3O2/c1-9-12(8-16-18-9)14(20)17-13-5-4-11(15)7-10(13)3-2-6-19/h4-5,7-8,19H,6H2,1H3,(H,16,18)(H,17,20). The highest BCUT2D eigenvalue weighted by atomic mass is 19.1. The van der Waals surface area contributed by atoms with E-state index in [1.807, 2.05) is 0 Å². The Morgan fingerprint density at radius 3 is 3.00 bits per heavy atom. The SMILES string of the molecule is Cc1[nH]ncc1C(=O)Nc1ccc(F)cc1C#CCO. The minimum Gasteiger partial charge on any atom is -0.384 e. The summed E-state index contributed by atoms with van der Waals surface area (Å²) in [6, 6.07) is 3.84. The minimum absolute atomic E-state index is 0.300. The number of carbonyl (C=O) groups is 1. The molecule has 0 atom stereocenters. The summed E-state index contributed by atoms with van der Waals surface area (Å²) in [5.74, 6) is 4.18. The van der Waals surface area contributed by atoms with E-state index in [1.165, 1.54) is 24.4 Å².